The van der Waals surface area contributed by atoms with E-state index in [1.54, 1.807) is 12.3 Å². The molecule has 1 aliphatic heterocycles. The minimum atomic E-state index is -4.45. The van der Waals surface area contributed by atoms with Gasteiger partial charge in [-0.3, -0.25) is 14.2 Å². The lowest BCUT2D eigenvalue weighted by atomic mass is 9.97. The van der Waals surface area contributed by atoms with E-state index in [4.69, 9.17) is 0 Å². The number of pyridine rings is 2. The number of nitrogens with one attached hydrogen (secondary N) is 1. The molecule has 3 aromatic rings. The predicted molar refractivity (Wildman–Crippen MR) is 99.0 cm³/mol. The molecule has 0 spiro atoms. The first-order valence-electron chi connectivity index (χ1n) is 9.26. The molecular formula is C19H19F3N6O. The number of aromatic nitrogens is 4. The fourth-order valence-electron chi connectivity index (χ4n) is 3.46. The lowest BCUT2D eigenvalue weighted by molar-refractivity contribution is -0.137. The summed E-state index contributed by atoms with van der Waals surface area (Å²) in [6, 6.07) is 7.76. The number of carbonyl (C=O) groups excluding carboxylic acids is 1. The van der Waals surface area contributed by atoms with Gasteiger partial charge in [-0.1, -0.05) is 6.07 Å². The lowest BCUT2D eigenvalue weighted by Crippen LogP contribution is -2.43. The Morgan fingerprint density at radius 1 is 1.21 bits per heavy atom. The third-order valence-electron chi connectivity index (χ3n) is 4.96. The molecule has 1 amide bonds. The Balaban J connectivity index is 1.49. The van der Waals surface area contributed by atoms with E-state index < -0.39 is 11.7 Å². The molecule has 1 fully saturated rings. The van der Waals surface area contributed by atoms with Crippen molar-refractivity contribution in [3.8, 4) is 0 Å². The summed E-state index contributed by atoms with van der Waals surface area (Å²) in [6.07, 6.45) is -0.360. The van der Waals surface area contributed by atoms with Gasteiger partial charge in [-0.15, -0.1) is 10.2 Å². The first kappa shape index (κ1) is 19.2. The van der Waals surface area contributed by atoms with Gasteiger partial charge in [-0.25, -0.2) is 0 Å². The Bertz CT molecular complexity index is 1000. The van der Waals surface area contributed by atoms with Crippen LogP contribution in [0.3, 0.4) is 0 Å². The van der Waals surface area contributed by atoms with Gasteiger partial charge >= 0.3 is 6.18 Å². The summed E-state index contributed by atoms with van der Waals surface area (Å²) in [7, 11) is 0. The van der Waals surface area contributed by atoms with Crippen LogP contribution in [0.1, 0.15) is 24.1 Å². The minimum Gasteiger partial charge on any atom is -0.350 e. The first-order chi connectivity index (χ1) is 13.9. The third kappa shape index (κ3) is 4.15. The molecule has 4 heterocycles. The van der Waals surface area contributed by atoms with E-state index in [2.05, 4.69) is 20.5 Å². The summed E-state index contributed by atoms with van der Waals surface area (Å²) in [5.41, 5.74) is 0.319. The summed E-state index contributed by atoms with van der Waals surface area (Å²) in [6.45, 7) is 1.30. The van der Waals surface area contributed by atoms with E-state index in [1.807, 2.05) is 17.0 Å². The van der Waals surface area contributed by atoms with Crippen LogP contribution in [0.25, 0.3) is 5.65 Å². The number of piperidine rings is 1. The summed E-state index contributed by atoms with van der Waals surface area (Å²) in [5.74, 6) is -0.0795. The highest BCUT2D eigenvalue weighted by molar-refractivity contribution is 5.79. The van der Waals surface area contributed by atoms with Gasteiger partial charge in [-0.2, -0.15) is 13.2 Å². The van der Waals surface area contributed by atoms with E-state index in [9.17, 15) is 18.0 Å². The molecule has 0 radical (unpaired) electrons. The Labute approximate surface area is 164 Å². The van der Waals surface area contributed by atoms with E-state index >= 15 is 0 Å². The van der Waals surface area contributed by atoms with Crippen LogP contribution >= 0.6 is 0 Å². The topological polar surface area (TPSA) is 75.4 Å². The molecule has 4 rings (SSSR count). The number of halogens is 3. The van der Waals surface area contributed by atoms with Crippen LogP contribution in [0.5, 0.6) is 0 Å². The molecule has 1 N–H and O–H groups in total. The summed E-state index contributed by atoms with van der Waals surface area (Å²) >= 11 is 0. The Morgan fingerprint density at radius 3 is 2.83 bits per heavy atom. The van der Waals surface area contributed by atoms with Crippen molar-refractivity contribution < 1.29 is 18.0 Å². The number of hydrogen-bond acceptors (Lipinski definition) is 5. The molecule has 1 aliphatic rings. The Hall–Kier alpha value is -3.17. The van der Waals surface area contributed by atoms with Gasteiger partial charge in [0.1, 0.15) is 0 Å². The van der Waals surface area contributed by atoms with Crippen molar-refractivity contribution in [2.75, 3.05) is 18.0 Å². The average molecular weight is 404 g/mol. The first-order valence-corrected chi connectivity index (χ1v) is 9.26. The quantitative estimate of drug-likeness (QED) is 0.724. The molecule has 0 aliphatic carbocycles. The van der Waals surface area contributed by atoms with Gasteiger partial charge in [0.15, 0.2) is 5.65 Å². The number of fused-ring (bicyclic) bond motifs is 1. The summed E-state index contributed by atoms with van der Waals surface area (Å²) < 4.78 is 40.5. The molecule has 0 bridgehead atoms. The molecule has 0 unspecified atom stereocenters. The van der Waals surface area contributed by atoms with E-state index in [0.717, 1.165) is 24.4 Å². The normalized spacial score (nSPS) is 17.5. The maximum atomic E-state index is 13.1. The van der Waals surface area contributed by atoms with Crippen molar-refractivity contribution in [3.05, 3.63) is 54.0 Å². The van der Waals surface area contributed by atoms with Crippen LogP contribution in [0.2, 0.25) is 0 Å². The number of hydrogen-bond donors (Lipinski definition) is 1. The molecule has 0 saturated carbocycles. The molecule has 1 atom stereocenters. The second-order valence-electron chi connectivity index (χ2n) is 6.97. The van der Waals surface area contributed by atoms with Crippen molar-refractivity contribution in [2.24, 2.45) is 5.92 Å². The van der Waals surface area contributed by atoms with Crippen LogP contribution in [-0.4, -0.2) is 38.6 Å². The number of anilines is 1. The fourth-order valence-corrected chi connectivity index (χ4v) is 3.46. The van der Waals surface area contributed by atoms with Gasteiger partial charge in [0.25, 0.3) is 0 Å². The highest BCUT2D eigenvalue weighted by Crippen LogP contribution is 2.30. The molecule has 3 aromatic heterocycles. The smallest absolute Gasteiger partial charge is 0.350 e. The summed E-state index contributed by atoms with van der Waals surface area (Å²) in [4.78, 5) is 18.6. The van der Waals surface area contributed by atoms with Crippen molar-refractivity contribution >= 4 is 17.5 Å². The minimum absolute atomic E-state index is 0.106. The molecule has 152 valence electrons. The second kappa shape index (κ2) is 7.69. The average Bonchev–Trinajstić information content (AvgIpc) is 3.15. The molecule has 1 saturated heterocycles. The number of alkyl halides is 3. The Kier molecular flexibility index (Phi) is 5.08. The van der Waals surface area contributed by atoms with Gasteiger partial charge < -0.3 is 10.2 Å². The van der Waals surface area contributed by atoms with Crippen LogP contribution < -0.4 is 10.2 Å². The van der Waals surface area contributed by atoms with Gasteiger partial charge in [0.05, 0.1) is 23.7 Å². The molecule has 10 heteroatoms. The maximum absolute atomic E-state index is 13.1. The predicted octanol–water partition coefficient (Wildman–Crippen LogP) is 2.68. The monoisotopic (exact) mass is 404 g/mol. The highest BCUT2D eigenvalue weighted by atomic mass is 19.4. The zero-order chi connectivity index (χ0) is 20.4. The second-order valence-corrected chi connectivity index (χ2v) is 6.97. The zero-order valence-corrected chi connectivity index (χ0v) is 15.4. The molecule has 29 heavy (non-hydrogen) atoms. The van der Waals surface area contributed by atoms with Gasteiger partial charge in [0.2, 0.25) is 11.9 Å². The SMILES string of the molecule is O=C(NCc1ccccn1)[C@@H]1CCCN(c2nnc3ccc(C(F)(F)F)cn23)C1. The van der Waals surface area contributed by atoms with Crippen molar-refractivity contribution in [2.45, 2.75) is 25.6 Å². The van der Waals surface area contributed by atoms with Crippen LogP contribution in [0.4, 0.5) is 19.1 Å². The molecule has 0 aromatic carbocycles. The van der Waals surface area contributed by atoms with Crippen LogP contribution in [-0.2, 0) is 17.5 Å². The van der Waals surface area contributed by atoms with Crippen molar-refractivity contribution in [3.63, 3.8) is 0 Å². The van der Waals surface area contributed by atoms with E-state index in [1.165, 1.54) is 10.5 Å². The van der Waals surface area contributed by atoms with E-state index in [-0.39, 0.29) is 11.8 Å². The van der Waals surface area contributed by atoms with Gasteiger partial charge in [-0.05, 0) is 37.1 Å². The van der Waals surface area contributed by atoms with Gasteiger partial charge in [0, 0.05) is 25.5 Å². The number of carbonyl (C=O) groups is 1. The fraction of sp³-hybridized carbons (Fsp3) is 0.368. The van der Waals surface area contributed by atoms with Crippen LogP contribution in [0.15, 0.2) is 42.7 Å². The standard InChI is InChI=1S/C19H19F3N6O/c20-19(21,22)14-6-7-16-25-26-18(28(16)12-14)27-9-3-4-13(11-27)17(29)24-10-15-5-1-2-8-23-15/h1-2,5-8,12-13H,3-4,9-11H2,(H,24,29)/t13-/m1/s1. The number of nitrogens with zero attached hydrogens (tertiary/aromatic N) is 5. The third-order valence-corrected chi connectivity index (χ3v) is 4.96. The number of rotatable bonds is 4. The Morgan fingerprint density at radius 2 is 2.07 bits per heavy atom. The zero-order valence-electron chi connectivity index (χ0n) is 15.4. The maximum Gasteiger partial charge on any atom is 0.417 e. The lowest BCUT2D eigenvalue weighted by Gasteiger charge is -2.32. The highest BCUT2D eigenvalue weighted by Gasteiger charge is 2.32. The van der Waals surface area contributed by atoms with E-state index in [0.29, 0.717) is 37.7 Å². The van der Waals surface area contributed by atoms with Crippen molar-refractivity contribution in [1.29, 1.82) is 0 Å². The molecular weight excluding hydrogens is 385 g/mol. The van der Waals surface area contributed by atoms with Crippen LogP contribution in [0, 0.1) is 5.92 Å². The van der Waals surface area contributed by atoms with Crippen molar-refractivity contribution in [1.82, 2.24) is 24.9 Å². The largest absolute Gasteiger partial charge is 0.417 e. The summed E-state index contributed by atoms with van der Waals surface area (Å²) in [5, 5.41) is 10.9. The number of amides is 1. The molecule has 7 nitrogen and oxygen atoms in total.